The highest BCUT2D eigenvalue weighted by atomic mass is 16.2. The SMILES string of the molecule is Cc1cccc(N(C)C(=O)c2ccc(NN)cc2C)c1. The summed E-state index contributed by atoms with van der Waals surface area (Å²) in [5, 5.41) is 0. The van der Waals surface area contributed by atoms with Gasteiger partial charge >= 0.3 is 0 Å². The van der Waals surface area contributed by atoms with E-state index in [1.165, 1.54) is 0 Å². The number of hydrogen-bond donors (Lipinski definition) is 2. The topological polar surface area (TPSA) is 58.4 Å². The summed E-state index contributed by atoms with van der Waals surface area (Å²) in [5.74, 6) is 5.34. The summed E-state index contributed by atoms with van der Waals surface area (Å²) in [7, 11) is 1.78. The molecule has 0 bridgehead atoms. The molecule has 0 aliphatic heterocycles. The molecule has 2 rings (SSSR count). The average molecular weight is 269 g/mol. The van der Waals surface area contributed by atoms with Crippen molar-refractivity contribution in [3.8, 4) is 0 Å². The van der Waals surface area contributed by atoms with E-state index in [1.807, 2.05) is 44.2 Å². The number of nitrogens with one attached hydrogen (secondary N) is 1. The predicted molar refractivity (Wildman–Crippen MR) is 82.9 cm³/mol. The Balaban J connectivity index is 2.31. The van der Waals surface area contributed by atoms with Crippen LogP contribution in [0.4, 0.5) is 11.4 Å². The van der Waals surface area contributed by atoms with Crippen LogP contribution < -0.4 is 16.2 Å². The van der Waals surface area contributed by atoms with Gasteiger partial charge in [-0.2, -0.15) is 0 Å². The zero-order chi connectivity index (χ0) is 14.7. The molecule has 2 aromatic rings. The molecule has 0 aromatic heterocycles. The van der Waals surface area contributed by atoms with Crippen molar-refractivity contribution in [3.63, 3.8) is 0 Å². The Labute approximate surface area is 119 Å². The summed E-state index contributed by atoms with van der Waals surface area (Å²) < 4.78 is 0. The fourth-order valence-electron chi connectivity index (χ4n) is 2.13. The van der Waals surface area contributed by atoms with E-state index in [1.54, 1.807) is 24.1 Å². The van der Waals surface area contributed by atoms with Crippen LogP contribution in [0, 0.1) is 13.8 Å². The normalized spacial score (nSPS) is 10.2. The van der Waals surface area contributed by atoms with Crippen molar-refractivity contribution in [2.24, 2.45) is 5.84 Å². The number of carbonyl (C=O) groups excluding carboxylic acids is 1. The molecule has 1 amide bonds. The van der Waals surface area contributed by atoms with E-state index in [0.717, 1.165) is 22.5 Å². The monoisotopic (exact) mass is 269 g/mol. The predicted octanol–water partition coefficient (Wildman–Crippen LogP) is 2.87. The first-order chi connectivity index (χ1) is 9.52. The molecule has 0 aliphatic rings. The first-order valence-electron chi connectivity index (χ1n) is 6.45. The highest BCUT2D eigenvalue weighted by Crippen LogP contribution is 2.20. The molecule has 0 fully saturated rings. The molecule has 0 heterocycles. The van der Waals surface area contributed by atoms with Crippen LogP contribution in [-0.2, 0) is 0 Å². The molecule has 104 valence electrons. The number of nitrogen functional groups attached to an aromatic ring is 1. The number of nitrogens with two attached hydrogens (primary N) is 1. The summed E-state index contributed by atoms with van der Waals surface area (Å²) in [6.45, 7) is 3.91. The minimum absolute atomic E-state index is 0.0309. The van der Waals surface area contributed by atoms with Gasteiger partial charge in [0, 0.05) is 24.0 Å². The number of hydrogen-bond acceptors (Lipinski definition) is 3. The van der Waals surface area contributed by atoms with E-state index < -0.39 is 0 Å². The summed E-state index contributed by atoms with van der Waals surface area (Å²) in [6, 6.07) is 13.3. The van der Waals surface area contributed by atoms with Crippen LogP contribution in [0.15, 0.2) is 42.5 Å². The van der Waals surface area contributed by atoms with Gasteiger partial charge in [0.15, 0.2) is 0 Å². The lowest BCUT2D eigenvalue weighted by atomic mass is 10.1. The van der Waals surface area contributed by atoms with Gasteiger partial charge in [-0.1, -0.05) is 12.1 Å². The third-order valence-electron chi connectivity index (χ3n) is 3.32. The zero-order valence-corrected chi connectivity index (χ0v) is 12.0. The van der Waals surface area contributed by atoms with Crippen LogP contribution in [0.5, 0.6) is 0 Å². The van der Waals surface area contributed by atoms with Crippen molar-refractivity contribution in [1.82, 2.24) is 0 Å². The van der Waals surface area contributed by atoms with E-state index in [2.05, 4.69) is 5.43 Å². The van der Waals surface area contributed by atoms with Crippen LogP contribution in [0.2, 0.25) is 0 Å². The molecule has 0 radical (unpaired) electrons. The van der Waals surface area contributed by atoms with E-state index in [-0.39, 0.29) is 5.91 Å². The summed E-state index contributed by atoms with van der Waals surface area (Å²) in [4.78, 5) is 14.2. The van der Waals surface area contributed by atoms with Crippen LogP contribution >= 0.6 is 0 Å². The Kier molecular flexibility index (Phi) is 4.05. The lowest BCUT2D eigenvalue weighted by Crippen LogP contribution is -2.27. The van der Waals surface area contributed by atoms with Crippen molar-refractivity contribution in [2.45, 2.75) is 13.8 Å². The molecular formula is C16H19N3O. The van der Waals surface area contributed by atoms with Gasteiger partial charge in [-0.25, -0.2) is 0 Å². The molecular weight excluding hydrogens is 250 g/mol. The van der Waals surface area contributed by atoms with Crippen LogP contribution in [-0.4, -0.2) is 13.0 Å². The molecule has 0 saturated heterocycles. The van der Waals surface area contributed by atoms with Gasteiger partial charge in [0.05, 0.1) is 0 Å². The third kappa shape index (κ3) is 2.81. The molecule has 20 heavy (non-hydrogen) atoms. The number of hydrazine groups is 1. The molecule has 4 heteroatoms. The Morgan fingerprint density at radius 3 is 2.50 bits per heavy atom. The molecule has 3 N–H and O–H groups in total. The van der Waals surface area contributed by atoms with Gasteiger partial charge in [-0.05, 0) is 55.3 Å². The number of nitrogens with zero attached hydrogens (tertiary/aromatic N) is 1. The van der Waals surface area contributed by atoms with Crippen LogP contribution in [0.1, 0.15) is 21.5 Å². The Bertz CT molecular complexity index is 637. The number of rotatable bonds is 3. The van der Waals surface area contributed by atoms with Crippen LogP contribution in [0.3, 0.4) is 0 Å². The fourth-order valence-corrected chi connectivity index (χ4v) is 2.13. The van der Waals surface area contributed by atoms with E-state index in [4.69, 9.17) is 5.84 Å². The van der Waals surface area contributed by atoms with E-state index in [9.17, 15) is 4.79 Å². The Hall–Kier alpha value is -2.33. The van der Waals surface area contributed by atoms with Crippen molar-refractivity contribution < 1.29 is 4.79 Å². The second-order valence-electron chi connectivity index (χ2n) is 4.88. The molecule has 2 aromatic carbocycles. The number of aryl methyl sites for hydroxylation is 2. The quantitative estimate of drug-likeness (QED) is 0.665. The maximum atomic E-state index is 12.6. The van der Waals surface area contributed by atoms with Crippen molar-refractivity contribution in [3.05, 3.63) is 59.2 Å². The Morgan fingerprint density at radius 1 is 1.15 bits per heavy atom. The highest BCUT2D eigenvalue weighted by Gasteiger charge is 2.15. The number of benzene rings is 2. The standard InChI is InChI=1S/C16H19N3O/c1-11-5-4-6-14(9-11)19(3)16(20)15-8-7-13(18-17)10-12(15)2/h4-10,18H,17H2,1-3H3. The molecule has 0 aliphatic carbocycles. The minimum Gasteiger partial charge on any atom is -0.324 e. The number of anilines is 2. The lowest BCUT2D eigenvalue weighted by Gasteiger charge is -2.19. The van der Waals surface area contributed by atoms with Gasteiger partial charge in [0.1, 0.15) is 0 Å². The molecule has 0 atom stereocenters. The second-order valence-corrected chi connectivity index (χ2v) is 4.88. The summed E-state index contributed by atoms with van der Waals surface area (Å²) in [6.07, 6.45) is 0. The van der Waals surface area contributed by atoms with Crippen LogP contribution in [0.25, 0.3) is 0 Å². The second kappa shape index (κ2) is 5.75. The lowest BCUT2D eigenvalue weighted by molar-refractivity contribution is 0.0992. The van der Waals surface area contributed by atoms with Gasteiger partial charge in [-0.15, -0.1) is 0 Å². The maximum absolute atomic E-state index is 12.6. The Morgan fingerprint density at radius 2 is 1.90 bits per heavy atom. The minimum atomic E-state index is -0.0309. The number of carbonyl (C=O) groups is 1. The average Bonchev–Trinajstić information content (AvgIpc) is 2.45. The summed E-state index contributed by atoms with van der Waals surface area (Å²) in [5.41, 5.74) is 6.95. The zero-order valence-electron chi connectivity index (χ0n) is 12.0. The van der Waals surface area contributed by atoms with E-state index in [0.29, 0.717) is 5.56 Å². The van der Waals surface area contributed by atoms with Crippen molar-refractivity contribution in [1.29, 1.82) is 0 Å². The van der Waals surface area contributed by atoms with E-state index >= 15 is 0 Å². The third-order valence-corrected chi connectivity index (χ3v) is 3.32. The molecule has 0 unspecified atom stereocenters. The largest absolute Gasteiger partial charge is 0.324 e. The van der Waals surface area contributed by atoms with Gasteiger partial charge in [0.25, 0.3) is 5.91 Å². The van der Waals surface area contributed by atoms with Gasteiger partial charge in [0.2, 0.25) is 0 Å². The van der Waals surface area contributed by atoms with Gasteiger partial charge < -0.3 is 10.3 Å². The summed E-state index contributed by atoms with van der Waals surface area (Å²) >= 11 is 0. The molecule has 4 nitrogen and oxygen atoms in total. The van der Waals surface area contributed by atoms with Crippen molar-refractivity contribution in [2.75, 3.05) is 17.4 Å². The number of amides is 1. The highest BCUT2D eigenvalue weighted by molar-refractivity contribution is 6.06. The fraction of sp³-hybridized carbons (Fsp3) is 0.188. The first kappa shape index (κ1) is 14.1. The molecule has 0 spiro atoms. The first-order valence-corrected chi connectivity index (χ1v) is 6.45. The van der Waals surface area contributed by atoms with Gasteiger partial charge in [-0.3, -0.25) is 10.6 Å². The smallest absolute Gasteiger partial charge is 0.258 e. The maximum Gasteiger partial charge on any atom is 0.258 e. The molecule has 0 saturated carbocycles. The van der Waals surface area contributed by atoms with Crippen molar-refractivity contribution >= 4 is 17.3 Å².